The molecule has 110 valence electrons. The quantitative estimate of drug-likeness (QED) is 0.907. The Labute approximate surface area is 124 Å². The number of nitrogens with one attached hydrogen (secondary N) is 1. The zero-order valence-electron chi connectivity index (χ0n) is 12.2. The molecule has 0 aromatic heterocycles. The SMILES string of the molecule is CCN(CCO)C(=O)Nc1ccc2c3c(cccc13)CC2. The van der Waals surface area contributed by atoms with Crippen molar-refractivity contribution in [3.8, 4) is 0 Å². The van der Waals surface area contributed by atoms with E-state index in [2.05, 4.69) is 23.5 Å². The largest absolute Gasteiger partial charge is 0.395 e. The molecule has 2 aromatic rings. The van der Waals surface area contributed by atoms with Gasteiger partial charge in [-0.1, -0.05) is 24.3 Å². The smallest absolute Gasteiger partial charge is 0.321 e. The minimum Gasteiger partial charge on any atom is -0.395 e. The topological polar surface area (TPSA) is 52.6 Å². The lowest BCUT2D eigenvalue weighted by Crippen LogP contribution is -2.36. The number of urea groups is 1. The highest BCUT2D eigenvalue weighted by Gasteiger charge is 2.18. The van der Waals surface area contributed by atoms with Crippen LogP contribution in [0.15, 0.2) is 30.3 Å². The van der Waals surface area contributed by atoms with E-state index in [9.17, 15) is 4.79 Å². The fraction of sp³-hybridized carbons (Fsp3) is 0.353. The van der Waals surface area contributed by atoms with Crippen LogP contribution >= 0.6 is 0 Å². The summed E-state index contributed by atoms with van der Waals surface area (Å²) in [5.74, 6) is 0. The second-order valence-electron chi connectivity index (χ2n) is 5.35. The molecule has 2 amide bonds. The minimum absolute atomic E-state index is 0.0227. The fourth-order valence-electron chi connectivity index (χ4n) is 3.07. The first-order chi connectivity index (χ1) is 10.2. The van der Waals surface area contributed by atoms with Crippen molar-refractivity contribution in [2.24, 2.45) is 0 Å². The molecule has 0 bridgehead atoms. The number of aliphatic hydroxyl groups is 1. The number of aliphatic hydroxyl groups excluding tert-OH is 1. The Morgan fingerprint density at radius 2 is 2.00 bits per heavy atom. The molecule has 0 saturated carbocycles. The number of carbonyl (C=O) groups excluding carboxylic acids is 1. The molecular formula is C17H20N2O2. The van der Waals surface area contributed by atoms with Crippen LogP contribution in [0.4, 0.5) is 10.5 Å². The first-order valence-electron chi connectivity index (χ1n) is 7.45. The van der Waals surface area contributed by atoms with Crippen molar-refractivity contribution in [3.05, 3.63) is 41.5 Å². The third-order valence-corrected chi connectivity index (χ3v) is 4.16. The normalized spacial score (nSPS) is 12.7. The highest BCUT2D eigenvalue weighted by Crippen LogP contribution is 2.35. The molecule has 21 heavy (non-hydrogen) atoms. The van der Waals surface area contributed by atoms with Gasteiger partial charge in [0.05, 0.1) is 12.3 Å². The van der Waals surface area contributed by atoms with Crippen molar-refractivity contribution < 1.29 is 9.90 Å². The number of likely N-dealkylation sites (N-methyl/N-ethyl adjacent to an activating group) is 1. The third kappa shape index (κ3) is 2.47. The predicted molar refractivity (Wildman–Crippen MR) is 84.7 cm³/mol. The zero-order chi connectivity index (χ0) is 14.8. The maximum atomic E-state index is 12.3. The Morgan fingerprint density at radius 3 is 2.71 bits per heavy atom. The van der Waals surface area contributed by atoms with Crippen LogP contribution in [0.3, 0.4) is 0 Å². The molecule has 4 nitrogen and oxygen atoms in total. The van der Waals surface area contributed by atoms with E-state index in [0.29, 0.717) is 13.1 Å². The van der Waals surface area contributed by atoms with Crippen LogP contribution < -0.4 is 5.32 Å². The highest BCUT2D eigenvalue weighted by molar-refractivity contribution is 6.04. The number of hydrogen-bond acceptors (Lipinski definition) is 2. The van der Waals surface area contributed by atoms with Gasteiger partial charge in [0.25, 0.3) is 0 Å². The molecule has 0 atom stereocenters. The van der Waals surface area contributed by atoms with Crippen molar-refractivity contribution in [3.63, 3.8) is 0 Å². The van der Waals surface area contributed by atoms with Crippen LogP contribution in [0.5, 0.6) is 0 Å². The molecule has 2 aromatic carbocycles. The van der Waals surface area contributed by atoms with E-state index in [0.717, 1.165) is 23.9 Å². The first-order valence-corrected chi connectivity index (χ1v) is 7.45. The van der Waals surface area contributed by atoms with Gasteiger partial charge >= 0.3 is 6.03 Å². The van der Waals surface area contributed by atoms with Gasteiger partial charge in [-0.3, -0.25) is 0 Å². The van der Waals surface area contributed by atoms with Crippen molar-refractivity contribution in [2.75, 3.05) is 25.0 Å². The molecule has 0 heterocycles. The number of anilines is 1. The molecule has 0 aliphatic heterocycles. The van der Waals surface area contributed by atoms with Crippen molar-refractivity contribution in [1.29, 1.82) is 0 Å². The molecule has 0 fully saturated rings. The van der Waals surface area contributed by atoms with Crippen LogP contribution in [0, 0.1) is 0 Å². The van der Waals surface area contributed by atoms with Gasteiger partial charge in [-0.15, -0.1) is 0 Å². The van der Waals surface area contributed by atoms with Gasteiger partial charge in [-0.05, 0) is 42.3 Å². The van der Waals surface area contributed by atoms with E-state index in [1.54, 1.807) is 4.90 Å². The van der Waals surface area contributed by atoms with Gasteiger partial charge in [0.15, 0.2) is 0 Å². The second-order valence-corrected chi connectivity index (χ2v) is 5.35. The highest BCUT2D eigenvalue weighted by atomic mass is 16.3. The summed E-state index contributed by atoms with van der Waals surface area (Å²) >= 11 is 0. The summed E-state index contributed by atoms with van der Waals surface area (Å²) in [4.78, 5) is 13.9. The molecule has 0 saturated heterocycles. The standard InChI is InChI=1S/C17H20N2O2/c1-2-19(10-11-20)17(21)18-15-9-8-13-7-6-12-4-3-5-14(15)16(12)13/h3-5,8-9,20H,2,6-7,10-11H2,1H3,(H,18,21). The number of rotatable bonds is 4. The van der Waals surface area contributed by atoms with E-state index >= 15 is 0 Å². The molecule has 1 aliphatic rings. The average molecular weight is 284 g/mol. The fourth-order valence-corrected chi connectivity index (χ4v) is 3.07. The molecule has 2 N–H and O–H groups in total. The van der Waals surface area contributed by atoms with E-state index < -0.39 is 0 Å². The summed E-state index contributed by atoms with van der Waals surface area (Å²) < 4.78 is 0. The van der Waals surface area contributed by atoms with E-state index in [1.807, 2.05) is 19.1 Å². The molecule has 1 aliphatic carbocycles. The Morgan fingerprint density at radius 1 is 1.24 bits per heavy atom. The Balaban J connectivity index is 1.94. The first kappa shape index (κ1) is 13.9. The van der Waals surface area contributed by atoms with Crippen molar-refractivity contribution >= 4 is 22.5 Å². The Bertz CT molecular complexity index is 672. The van der Waals surface area contributed by atoms with Crippen LogP contribution in [0.2, 0.25) is 0 Å². The predicted octanol–water partition coefficient (Wildman–Crippen LogP) is 2.78. The Hall–Kier alpha value is -2.07. The lowest BCUT2D eigenvalue weighted by molar-refractivity contribution is 0.192. The minimum atomic E-state index is -0.162. The molecule has 3 rings (SSSR count). The number of aryl methyl sites for hydroxylation is 2. The zero-order valence-corrected chi connectivity index (χ0v) is 12.2. The van der Waals surface area contributed by atoms with Gasteiger partial charge < -0.3 is 15.3 Å². The lowest BCUT2D eigenvalue weighted by Gasteiger charge is -2.21. The number of amides is 2. The summed E-state index contributed by atoms with van der Waals surface area (Å²) in [5.41, 5.74) is 3.57. The number of hydrogen-bond donors (Lipinski definition) is 2. The monoisotopic (exact) mass is 284 g/mol. The Kier molecular flexibility index (Phi) is 3.80. The maximum Gasteiger partial charge on any atom is 0.321 e. The van der Waals surface area contributed by atoms with Gasteiger partial charge in [-0.25, -0.2) is 4.79 Å². The molecule has 4 heteroatoms. The summed E-state index contributed by atoms with van der Waals surface area (Å²) in [5, 5.41) is 14.4. The summed E-state index contributed by atoms with van der Waals surface area (Å²) in [6.45, 7) is 2.81. The third-order valence-electron chi connectivity index (χ3n) is 4.16. The lowest BCUT2D eigenvalue weighted by atomic mass is 10.0. The second kappa shape index (κ2) is 5.74. The molecule has 0 unspecified atom stereocenters. The number of benzene rings is 2. The number of carbonyl (C=O) groups is 1. The van der Waals surface area contributed by atoms with Crippen LogP contribution in [-0.2, 0) is 12.8 Å². The van der Waals surface area contributed by atoms with E-state index in [1.165, 1.54) is 16.5 Å². The number of nitrogens with zero attached hydrogens (tertiary/aromatic N) is 1. The molecule has 0 radical (unpaired) electrons. The van der Waals surface area contributed by atoms with Crippen LogP contribution in [-0.4, -0.2) is 35.7 Å². The van der Waals surface area contributed by atoms with Gasteiger partial charge in [0.2, 0.25) is 0 Å². The molecular weight excluding hydrogens is 264 g/mol. The van der Waals surface area contributed by atoms with Crippen molar-refractivity contribution in [2.45, 2.75) is 19.8 Å². The van der Waals surface area contributed by atoms with Gasteiger partial charge in [0, 0.05) is 18.5 Å². The van der Waals surface area contributed by atoms with Crippen LogP contribution in [0.25, 0.3) is 10.8 Å². The van der Waals surface area contributed by atoms with E-state index in [4.69, 9.17) is 5.11 Å². The summed E-state index contributed by atoms with van der Waals surface area (Å²) in [7, 11) is 0. The summed E-state index contributed by atoms with van der Waals surface area (Å²) in [6, 6.07) is 10.2. The van der Waals surface area contributed by atoms with Crippen molar-refractivity contribution in [1.82, 2.24) is 4.90 Å². The maximum absolute atomic E-state index is 12.3. The average Bonchev–Trinajstić information content (AvgIpc) is 2.92. The van der Waals surface area contributed by atoms with E-state index in [-0.39, 0.29) is 12.6 Å². The molecule has 0 spiro atoms. The van der Waals surface area contributed by atoms with Crippen LogP contribution in [0.1, 0.15) is 18.1 Å². The van der Waals surface area contributed by atoms with Gasteiger partial charge in [-0.2, -0.15) is 0 Å². The summed E-state index contributed by atoms with van der Waals surface area (Å²) in [6.07, 6.45) is 2.16. The van der Waals surface area contributed by atoms with Gasteiger partial charge in [0.1, 0.15) is 0 Å².